The van der Waals surface area contributed by atoms with Crippen LogP contribution in [0.1, 0.15) is 22.8 Å². The summed E-state index contributed by atoms with van der Waals surface area (Å²) in [6.07, 6.45) is 0.879. The highest BCUT2D eigenvalue weighted by molar-refractivity contribution is 9.10. The molecule has 1 aromatic carbocycles. The lowest BCUT2D eigenvalue weighted by Gasteiger charge is -2.08. The number of benzene rings is 1. The van der Waals surface area contributed by atoms with E-state index in [1.807, 2.05) is 13.0 Å². The van der Waals surface area contributed by atoms with Crippen molar-refractivity contribution in [3.63, 3.8) is 0 Å². The minimum Gasteiger partial charge on any atom is -0.465 e. The molecule has 0 saturated carbocycles. The van der Waals surface area contributed by atoms with Crippen LogP contribution in [-0.2, 0) is 11.2 Å². The Labute approximate surface area is 91.4 Å². The number of nitrogen functional groups attached to an aromatic ring is 1. The number of hydrogen-bond donors (Lipinski definition) is 1. The number of esters is 1. The van der Waals surface area contributed by atoms with Gasteiger partial charge in [0.25, 0.3) is 0 Å². The highest BCUT2D eigenvalue weighted by atomic mass is 79.9. The third-order valence-corrected chi connectivity index (χ3v) is 2.60. The molecule has 0 heterocycles. The van der Waals surface area contributed by atoms with E-state index in [-0.39, 0.29) is 0 Å². The Morgan fingerprint density at radius 3 is 2.64 bits per heavy atom. The van der Waals surface area contributed by atoms with E-state index in [0.29, 0.717) is 15.7 Å². The summed E-state index contributed by atoms with van der Waals surface area (Å²) >= 11 is 3.30. The third kappa shape index (κ3) is 2.07. The Balaban J connectivity index is 3.25. The lowest BCUT2D eigenvalue weighted by molar-refractivity contribution is 0.0601. The first-order valence-corrected chi connectivity index (χ1v) is 5.05. The predicted molar refractivity (Wildman–Crippen MR) is 59.3 cm³/mol. The van der Waals surface area contributed by atoms with Crippen molar-refractivity contribution < 1.29 is 9.53 Å². The largest absolute Gasteiger partial charge is 0.465 e. The van der Waals surface area contributed by atoms with Gasteiger partial charge in [-0.05, 0) is 40.0 Å². The van der Waals surface area contributed by atoms with Crippen molar-refractivity contribution in [2.45, 2.75) is 13.3 Å². The summed E-state index contributed by atoms with van der Waals surface area (Å²) in [7, 11) is 1.34. The minimum atomic E-state index is -0.419. The van der Waals surface area contributed by atoms with Crippen molar-refractivity contribution in [1.29, 1.82) is 0 Å². The maximum absolute atomic E-state index is 11.3. The fourth-order valence-corrected chi connectivity index (χ4v) is 1.89. The number of ether oxygens (including phenoxy) is 1. The Kier molecular flexibility index (Phi) is 3.52. The molecule has 0 atom stereocenters. The predicted octanol–water partition coefficient (Wildman–Crippen LogP) is 2.38. The average Bonchev–Trinajstić information content (AvgIpc) is 2.16. The molecule has 4 heteroatoms. The molecule has 0 amide bonds. The monoisotopic (exact) mass is 257 g/mol. The highest BCUT2D eigenvalue weighted by Gasteiger charge is 2.14. The number of aryl methyl sites for hydroxylation is 1. The van der Waals surface area contributed by atoms with Gasteiger partial charge in [0, 0.05) is 10.2 Å². The molecule has 1 rings (SSSR count). The van der Waals surface area contributed by atoms with E-state index in [4.69, 9.17) is 5.73 Å². The topological polar surface area (TPSA) is 52.3 Å². The molecule has 14 heavy (non-hydrogen) atoms. The fraction of sp³-hybridized carbons (Fsp3) is 0.300. The molecule has 0 saturated heterocycles. The number of methoxy groups -OCH3 is 1. The van der Waals surface area contributed by atoms with Crippen molar-refractivity contribution in [2.75, 3.05) is 12.8 Å². The van der Waals surface area contributed by atoms with E-state index in [1.165, 1.54) is 7.11 Å². The zero-order valence-electron chi connectivity index (χ0n) is 8.13. The molecule has 1 aromatic rings. The van der Waals surface area contributed by atoms with Crippen molar-refractivity contribution in [3.8, 4) is 0 Å². The summed E-state index contributed by atoms with van der Waals surface area (Å²) in [5.41, 5.74) is 7.67. The second-order valence-electron chi connectivity index (χ2n) is 2.89. The van der Waals surface area contributed by atoms with Crippen LogP contribution in [0, 0.1) is 0 Å². The first kappa shape index (κ1) is 11.0. The number of anilines is 1. The van der Waals surface area contributed by atoms with Gasteiger partial charge in [0.2, 0.25) is 0 Å². The third-order valence-electron chi connectivity index (χ3n) is 1.98. The molecular weight excluding hydrogens is 246 g/mol. The van der Waals surface area contributed by atoms with Crippen LogP contribution >= 0.6 is 15.9 Å². The number of halogens is 1. The van der Waals surface area contributed by atoms with E-state index in [1.54, 1.807) is 6.07 Å². The van der Waals surface area contributed by atoms with Crippen LogP contribution in [-0.4, -0.2) is 13.1 Å². The Hall–Kier alpha value is -1.03. The van der Waals surface area contributed by atoms with E-state index >= 15 is 0 Å². The van der Waals surface area contributed by atoms with Crippen LogP contribution in [0.3, 0.4) is 0 Å². The lowest BCUT2D eigenvalue weighted by Crippen LogP contribution is -2.07. The van der Waals surface area contributed by atoms with Crippen LogP contribution in [0.15, 0.2) is 16.6 Å². The van der Waals surface area contributed by atoms with Gasteiger partial charge in [-0.2, -0.15) is 0 Å². The maximum atomic E-state index is 11.3. The zero-order chi connectivity index (χ0) is 10.7. The van der Waals surface area contributed by atoms with Crippen molar-refractivity contribution in [1.82, 2.24) is 0 Å². The molecule has 2 N–H and O–H groups in total. The van der Waals surface area contributed by atoms with E-state index < -0.39 is 5.97 Å². The molecule has 0 bridgehead atoms. The molecule has 3 nitrogen and oxygen atoms in total. The molecule has 0 aliphatic heterocycles. The van der Waals surface area contributed by atoms with Gasteiger partial charge in [0.1, 0.15) is 0 Å². The van der Waals surface area contributed by atoms with Crippen molar-refractivity contribution in [3.05, 3.63) is 27.7 Å². The Morgan fingerprint density at radius 1 is 1.57 bits per heavy atom. The molecule has 0 aliphatic carbocycles. The van der Waals surface area contributed by atoms with Gasteiger partial charge < -0.3 is 10.5 Å². The molecule has 0 aromatic heterocycles. The van der Waals surface area contributed by atoms with Crippen LogP contribution < -0.4 is 5.73 Å². The number of carbonyl (C=O) groups excluding carboxylic acids is 1. The molecule has 0 unspecified atom stereocenters. The SMILES string of the molecule is CCc1cc(N)c(C(=O)OC)c(Br)c1. The zero-order valence-corrected chi connectivity index (χ0v) is 9.72. The molecule has 0 aliphatic rings. The summed E-state index contributed by atoms with van der Waals surface area (Å²) in [6.45, 7) is 2.03. The first-order chi connectivity index (χ1) is 6.60. The summed E-state index contributed by atoms with van der Waals surface area (Å²) < 4.78 is 5.30. The minimum absolute atomic E-state index is 0.393. The summed E-state index contributed by atoms with van der Waals surface area (Å²) in [6, 6.07) is 3.67. The fourth-order valence-electron chi connectivity index (χ4n) is 1.21. The van der Waals surface area contributed by atoms with Crippen LogP contribution in [0.2, 0.25) is 0 Å². The number of nitrogens with two attached hydrogens (primary N) is 1. The quantitative estimate of drug-likeness (QED) is 0.654. The molecule has 0 spiro atoms. The van der Waals surface area contributed by atoms with Gasteiger partial charge in [-0.1, -0.05) is 6.92 Å². The first-order valence-electron chi connectivity index (χ1n) is 4.26. The summed E-state index contributed by atoms with van der Waals surface area (Å²) in [5, 5.41) is 0. The number of carbonyl (C=O) groups is 1. The molecular formula is C10H12BrNO2. The second kappa shape index (κ2) is 4.46. The van der Waals surface area contributed by atoms with Crippen LogP contribution in [0.5, 0.6) is 0 Å². The maximum Gasteiger partial charge on any atom is 0.341 e. The van der Waals surface area contributed by atoms with E-state index in [0.717, 1.165) is 12.0 Å². The van der Waals surface area contributed by atoms with Gasteiger partial charge in [-0.25, -0.2) is 4.79 Å². The van der Waals surface area contributed by atoms with E-state index in [9.17, 15) is 4.79 Å². The lowest BCUT2D eigenvalue weighted by atomic mass is 10.1. The van der Waals surface area contributed by atoms with Crippen molar-refractivity contribution >= 4 is 27.6 Å². The Morgan fingerprint density at radius 2 is 2.21 bits per heavy atom. The second-order valence-corrected chi connectivity index (χ2v) is 3.74. The van der Waals surface area contributed by atoms with Gasteiger partial charge in [-0.15, -0.1) is 0 Å². The van der Waals surface area contributed by atoms with Crippen LogP contribution in [0.4, 0.5) is 5.69 Å². The van der Waals surface area contributed by atoms with Crippen LogP contribution in [0.25, 0.3) is 0 Å². The van der Waals surface area contributed by atoms with E-state index in [2.05, 4.69) is 20.7 Å². The normalized spacial score (nSPS) is 9.93. The van der Waals surface area contributed by atoms with Gasteiger partial charge in [-0.3, -0.25) is 0 Å². The Bertz CT molecular complexity index is 340. The number of rotatable bonds is 2. The number of hydrogen-bond acceptors (Lipinski definition) is 3. The highest BCUT2D eigenvalue weighted by Crippen LogP contribution is 2.25. The average molecular weight is 258 g/mol. The summed E-state index contributed by atoms with van der Waals surface area (Å²) in [5.74, 6) is -0.419. The van der Waals surface area contributed by atoms with Gasteiger partial charge in [0.05, 0.1) is 12.7 Å². The van der Waals surface area contributed by atoms with Gasteiger partial charge >= 0.3 is 5.97 Å². The molecule has 76 valence electrons. The van der Waals surface area contributed by atoms with Gasteiger partial charge in [0.15, 0.2) is 0 Å². The standard InChI is InChI=1S/C10H12BrNO2/c1-3-6-4-7(11)9(8(12)5-6)10(13)14-2/h4-5H,3,12H2,1-2H3. The molecule has 0 radical (unpaired) electrons. The summed E-state index contributed by atoms with van der Waals surface area (Å²) in [4.78, 5) is 11.3. The smallest absolute Gasteiger partial charge is 0.341 e. The molecule has 0 fully saturated rings. The van der Waals surface area contributed by atoms with Crippen molar-refractivity contribution in [2.24, 2.45) is 0 Å².